The summed E-state index contributed by atoms with van der Waals surface area (Å²) in [6.45, 7) is 4.60. The lowest BCUT2D eigenvalue weighted by Gasteiger charge is -2.32. The molecule has 7 heteroatoms. The van der Waals surface area contributed by atoms with Crippen LogP contribution in [0.15, 0.2) is 78.9 Å². The van der Waals surface area contributed by atoms with Crippen molar-refractivity contribution in [2.24, 2.45) is 0 Å². The average Bonchev–Trinajstić information content (AvgIpc) is 2.94. The maximum Gasteiger partial charge on any atom is 0.243 e. The van der Waals surface area contributed by atoms with E-state index < -0.39 is 6.04 Å². The fraction of sp³-hybridized carbons (Fsp3) is 0.355. The number of nitrogens with zero attached hydrogens (tertiary/aromatic N) is 1. The molecule has 3 rings (SSSR count). The molecule has 202 valence electrons. The Balaban J connectivity index is 1.78. The quantitative estimate of drug-likeness (QED) is 0.254. The van der Waals surface area contributed by atoms with Crippen molar-refractivity contribution >= 4 is 23.4 Å². The smallest absolute Gasteiger partial charge is 0.243 e. The van der Waals surface area contributed by atoms with E-state index in [1.54, 1.807) is 18.1 Å². The number of hydrogen-bond donors (Lipinski definition) is 1. The van der Waals surface area contributed by atoms with E-state index >= 15 is 0 Å². The Kier molecular flexibility index (Phi) is 11.5. The van der Waals surface area contributed by atoms with Gasteiger partial charge in [0.2, 0.25) is 11.8 Å². The first-order valence-corrected chi connectivity index (χ1v) is 13.4. The van der Waals surface area contributed by atoms with Crippen LogP contribution >= 0.6 is 11.6 Å². The normalized spacial score (nSPS) is 12.3. The lowest BCUT2D eigenvalue weighted by molar-refractivity contribution is -0.141. The largest absolute Gasteiger partial charge is 0.497 e. The highest BCUT2D eigenvalue weighted by atomic mass is 35.5. The Bertz CT molecular complexity index is 1150. The molecule has 2 amide bonds. The molecule has 1 N–H and O–H groups in total. The molecular weight excluding hydrogens is 500 g/mol. The molecule has 0 radical (unpaired) electrons. The van der Waals surface area contributed by atoms with Crippen LogP contribution in [0.4, 0.5) is 0 Å². The van der Waals surface area contributed by atoms with Crippen LogP contribution in [-0.2, 0) is 22.6 Å². The van der Waals surface area contributed by atoms with Crippen molar-refractivity contribution in [2.45, 2.75) is 58.2 Å². The van der Waals surface area contributed by atoms with Crippen LogP contribution in [0.25, 0.3) is 0 Å². The number of amides is 2. The molecular formula is C31H37ClN2O4. The summed E-state index contributed by atoms with van der Waals surface area (Å²) in [5.74, 6) is 1.17. The minimum Gasteiger partial charge on any atom is -0.497 e. The number of halogens is 1. The maximum atomic E-state index is 13.7. The third-order valence-electron chi connectivity index (χ3n) is 6.43. The Hall–Kier alpha value is -3.51. The van der Waals surface area contributed by atoms with Gasteiger partial charge in [-0.1, -0.05) is 67.1 Å². The van der Waals surface area contributed by atoms with Gasteiger partial charge in [0.15, 0.2) is 0 Å². The molecule has 38 heavy (non-hydrogen) atoms. The second-order valence-corrected chi connectivity index (χ2v) is 9.67. The lowest BCUT2D eigenvalue weighted by atomic mass is 10.0. The Labute approximate surface area is 230 Å². The van der Waals surface area contributed by atoms with Crippen molar-refractivity contribution in [3.05, 3.63) is 95.0 Å². The summed E-state index contributed by atoms with van der Waals surface area (Å²) in [5, 5.41) is 3.65. The van der Waals surface area contributed by atoms with Gasteiger partial charge in [-0.2, -0.15) is 0 Å². The van der Waals surface area contributed by atoms with Crippen molar-refractivity contribution in [3.63, 3.8) is 0 Å². The van der Waals surface area contributed by atoms with E-state index in [9.17, 15) is 9.59 Å². The fourth-order valence-electron chi connectivity index (χ4n) is 4.03. The molecule has 0 bridgehead atoms. The predicted octanol–water partition coefficient (Wildman–Crippen LogP) is 6.06. The first-order chi connectivity index (χ1) is 18.4. The van der Waals surface area contributed by atoms with Crippen molar-refractivity contribution in [3.8, 4) is 11.5 Å². The second kappa shape index (κ2) is 15.0. The highest BCUT2D eigenvalue weighted by molar-refractivity contribution is 6.31. The topological polar surface area (TPSA) is 67.9 Å². The zero-order chi connectivity index (χ0) is 27.3. The van der Waals surface area contributed by atoms with Gasteiger partial charge in [-0.15, -0.1) is 0 Å². The number of hydrogen-bond acceptors (Lipinski definition) is 4. The zero-order valence-electron chi connectivity index (χ0n) is 22.4. The van der Waals surface area contributed by atoms with E-state index in [1.165, 1.54) is 0 Å². The van der Waals surface area contributed by atoms with Crippen molar-refractivity contribution in [1.29, 1.82) is 0 Å². The molecule has 0 fully saturated rings. The van der Waals surface area contributed by atoms with Gasteiger partial charge in [0.25, 0.3) is 0 Å². The number of nitrogens with one attached hydrogen (secondary N) is 1. The highest BCUT2D eigenvalue weighted by Gasteiger charge is 2.31. The molecule has 0 saturated heterocycles. The van der Waals surface area contributed by atoms with Crippen LogP contribution in [-0.4, -0.2) is 42.5 Å². The molecule has 0 saturated carbocycles. The molecule has 0 aliphatic carbocycles. The molecule has 3 aromatic carbocycles. The van der Waals surface area contributed by atoms with Crippen LogP contribution in [0.1, 0.15) is 44.2 Å². The molecule has 0 spiro atoms. The molecule has 3 aromatic rings. The van der Waals surface area contributed by atoms with Crippen molar-refractivity contribution < 1.29 is 19.1 Å². The van der Waals surface area contributed by atoms with Gasteiger partial charge < -0.3 is 19.7 Å². The van der Waals surface area contributed by atoms with E-state index in [0.717, 1.165) is 23.3 Å². The number of rotatable bonds is 14. The number of benzene rings is 3. The molecule has 0 aliphatic heterocycles. The van der Waals surface area contributed by atoms with Gasteiger partial charge in [0.05, 0.1) is 13.7 Å². The molecule has 0 heterocycles. The third-order valence-corrected chi connectivity index (χ3v) is 6.80. The van der Waals surface area contributed by atoms with E-state index in [-0.39, 0.29) is 30.8 Å². The molecule has 0 aromatic heterocycles. The minimum atomic E-state index is -0.683. The molecule has 0 aliphatic rings. The SMILES string of the molecule is CC[C@@H](C)NC(=O)[C@@H](Cc1ccccc1)N(Cc1ccccc1Cl)C(=O)CCCOc1ccc(OC)cc1. The second-order valence-electron chi connectivity index (χ2n) is 9.26. The first kappa shape index (κ1) is 29.1. The highest BCUT2D eigenvalue weighted by Crippen LogP contribution is 2.22. The maximum absolute atomic E-state index is 13.7. The van der Waals surface area contributed by atoms with E-state index in [2.05, 4.69) is 5.32 Å². The van der Waals surface area contributed by atoms with Gasteiger partial charge >= 0.3 is 0 Å². The van der Waals surface area contributed by atoms with E-state index in [0.29, 0.717) is 30.2 Å². The van der Waals surface area contributed by atoms with Crippen molar-refractivity contribution in [2.75, 3.05) is 13.7 Å². The first-order valence-electron chi connectivity index (χ1n) is 13.0. The van der Waals surface area contributed by atoms with Gasteiger partial charge in [-0.25, -0.2) is 0 Å². The Morgan fingerprint density at radius 3 is 2.26 bits per heavy atom. The Morgan fingerprint density at radius 1 is 0.947 bits per heavy atom. The zero-order valence-corrected chi connectivity index (χ0v) is 23.1. The van der Waals surface area contributed by atoms with Crippen LogP contribution in [0.2, 0.25) is 5.02 Å². The van der Waals surface area contributed by atoms with Gasteiger partial charge in [-0.3, -0.25) is 9.59 Å². The molecule has 6 nitrogen and oxygen atoms in total. The summed E-state index contributed by atoms with van der Waals surface area (Å²) in [5.41, 5.74) is 1.78. The van der Waals surface area contributed by atoms with Gasteiger partial charge in [0.1, 0.15) is 17.5 Å². The standard InChI is InChI=1S/C31H37ClN2O4/c1-4-23(2)33-31(36)29(21-24-11-6-5-7-12-24)34(22-25-13-8-9-14-28(25)32)30(35)15-10-20-38-27-18-16-26(37-3)17-19-27/h5-9,11-14,16-19,23,29H,4,10,15,20-22H2,1-3H3,(H,33,36)/t23-,29-/m1/s1. The predicted molar refractivity (Wildman–Crippen MR) is 152 cm³/mol. The summed E-state index contributed by atoms with van der Waals surface area (Å²) in [6.07, 6.45) is 1.95. The van der Waals surface area contributed by atoms with Crippen LogP contribution in [0, 0.1) is 0 Å². The molecule has 0 unspecified atom stereocenters. The number of carbonyl (C=O) groups excluding carboxylic acids is 2. The monoisotopic (exact) mass is 536 g/mol. The summed E-state index contributed by atoms with van der Waals surface area (Å²) >= 11 is 6.47. The number of methoxy groups -OCH3 is 1. The average molecular weight is 537 g/mol. The third kappa shape index (κ3) is 8.80. The minimum absolute atomic E-state index is 0.00376. The number of ether oxygens (including phenoxy) is 2. The molecule has 2 atom stereocenters. The summed E-state index contributed by atoms with van der Waals surface area (Å²) in [7, 11) is 1.62. The summed E-state index contributed by atoms with van der Waals surface area (Å²) < 4.78 is 11.0. The van der Waals surface area contributed by atoms with Crippen LogP contribution in [0.3, 0.4) is 0 Å². The number of carbonyl (C=O) groups is 2. The van der Waals surface area contributed by atoms with Crippen molar-refractivity contribution in [1.82, 2.24) is 10.2 Å². The summed E-state index contributed by atoms with van der Waals surface area (Å²) in [4.78, 5) is 28.9. The van der Waals surface area contributed by atoms with E-state index in [1.807, 2.05) is 86.6 Å². The van der Waals surface area contributed by atoms with Crippen LogP contribution < -0.4 is 14.8 Å². The van der Waals surface area contributed by atoms with Gasteiger partial charge in [-0.05, 0) is 61.2 Å². The summed E-state index contributed by atoms with van der Waals surface area (Å²) in [6, 6.07) is 23.8. The fourth-order valence-corrected chi connectivity index (χ4v) is 4.23. The lowest BCUT2D eigenvalue weighted by Crippen LogP contribution is -2.52. The van der Waals surface area contributed by atoms with Crippen LogP contribution in [0.5, 0.6) is 11.5 Å². The van der Waals surface area contributed by atoms with E-state index in [4.69, 9.17) is 21.1 Å². The van der Waals surface area contributed by atoms with Gasteiger partial charge in [0, 0.05) is 30.5 Å². The Morgan fingerprint density at radius 2 is 1.61 bits per heavy atom.